The maximum atomic E-state index is 11.8. The highest BCUT2D eigenvalue weighted by atomic mass is 16.5. The van der Waals surface area contributed by atoms with Crippen LogP contribution in [0.1, 0.15) is 38.2 Å². The molecular weight excluding hydrogens is 252 g/mol. The summed E-state index contributed by atoms with van der Waals surface area (Å²) in [6.45, 7) is 4.36. The van der Waals surface area contributed by atoms with Gasteiger partial charge >= 0.3 is 0 Å². The van der Waals surface area contributed by atoms with E-state index in [-0.39, 0.29) is 11.9 Å². The lowest BCUT2D eigenvalue weighted by molar-refractivity contribution is -0.122. The first-order valence-corrected chi connectivity index (χ1v) is 7.52. The molecule has 1 fully saturated rings. The van der Waals surface area contributed by atoms with Crippen molar-refractivity contribution in [3.05, 3.63) is 29.8 Å². The molecule has 2 N–H and O–H groups in total. The second-order valence-electron chi connectivity index (χ2n) is 5.21. The van der Waals surface area contributed by atoms with Gasteiger partial charge in [-0.25, -0.2) is 0 Å². The van der Waals surface area contributed by atoms with Crippen LogP contribution in [0.25, 0.3) is 0 Å². The van der Waals surface area contributed by atoms with Crippen molar-refractivity contribution in [1.82, 2.24) is 10.6 Å². The van der Waals surface area contributed by atoms with Crippen molar-refractivity contribution in [2.45, 2.75) is 45.2 Å². The first-order valence-electron chi connectivity index (χ1n) is 7.52. The summed E-state index contributed by atoms with van der Waals surface area (Å²) in [7, 11) is 0. The maximum absolute atomic E-state index is 11.8. The van der Waals surface area contributed by atoms with E-state index in [2.05, 4.69) is 17.6 Å². The summed E-state index contributed by atoms with van der Waals surface area (Å²) < 4.78 is 5.55. The quantitative estimate of drug-likeness (QED) is 0.837. The summed E-state index contributed by atoms with van der Waals surface area (Å²) in [6.07, 6.45) is 4.11. The van der Waals surface area contributed by atoms with E-state index < -0.39 is 0 Å². The van der Waals surface area contributed by atoms with Gasteiger partial charge in [0.25, 0.3) is 0 Å². The van der Waals surface area contributed by atoms with E-state index in [0.29, 0.717) is 6.54 Å². The van der Waals surface area contributed by atoms with Gasteiger partial charge in [-0.15, -0.1) is 0 Å². The lowest BCUT2D eigenvalue weighted by Crippen LogP contribution is -2.42. The van der Waals surface area contributed by atoms with Crippen molar-refractivity contribution < 1.29 is 9.53 Å². The van der Waals surface area contributed by atoms with Gasteiger partial charge < -0.3 is 15.4 Å². The average Bonchev–Trinajstić information content (AvgIpc) is 2.68. The minimum absolute atomic E-state index is 0.0616. The third-order valence-corrected chi connectivity index (χ3v) is 3.48. The third-order valence-electron chi connectivity index (χ3n) is 3.48. The van der Waals surface area contributed by atoms with E-state index in [9.17, 15) is 4.79 Å². The van der Waals surface area contributed by atoms with Gasteiger partial charge in [0.05, 0.1) is 12.6 Å². The second kappa shape index (κ2) is 7.90. The normalized spacial score (nSPS) is 19.2. The van der Waals surface area contributed by atoms with Crippen LogP contribution in [0.2, 0.25) is 0 Å². The minimum Gasteiger partial charge on any atom is -0.494 e. The highest BCUT2D eigenvalue weighted by Crippen LogP contribution is 2.13. The van der Waals surface area contributed by atoms with E-state index in [1.54, 1.807) is 0 Å². The number of amides is 1. The monoisotopic (exact) mass is 276 g/mol. The van der Waals surface area contributed by atoms with Crippen molar-refractivity contribution in [2.24, 2.45) is 0 Å². The highest BCUT2D eigenvalue weighted by Gasteiger charge is 2.19. The molecule has 0 saturated carbocycles. The number of benzene rings is 1. The van der Waals surface area contributed by atoms with Crippen molar-refractivity contribution in [1.29, 1.82) is 0 Å². The summed E-state index contributed by atoms with van der Waals surface area (Å²) >= 11 is 0. The molecule has 0 aliphatic carbocycles. The zero-order chi connectivity index (χ0) is 14.2. The Labute approximate surface area is 120 Å². The van der Waals surface area contributed by atoms with E-state index in [1.807, 2.05) is 24.3 Å². The van der Waals surface area contributed by atoms with Crippen molar-refractivity contribution in [3.8, 4) is 5.75 Å². The minimum atomic E-state index is -0.0616. The Kier molecular flexibility index (Phi) is 5.87. The van der Waals surface area contributed by atoms with Gasteiger partial charge in [-0.1, -0.05) is 19.1 Å². The van der Waals surface area contributed by atoms with Gasteiger partial charge in [-0.05, 0) is 43.4 Å². The Hall–Kier alpha value is -1.55. The summed E-state index contributed by atoms with van der Waals surface area (Å²) in [5.41, 5.74) is 1.17. The summed E-state index contributed by atoms with van der Waals surface area (Å²) in [5, 5.41) is 6.28. The van der Waals surface area contributed by atoms with Crippen molar-refractivity contribution in [2.75, 3.05) is 13.2 Å². The molecule has 1 heterocycles. The van der Waals surface area contributed by atoms with Crippen LogP contribution in [0.4, 0.5) is 0 Å². The molecule has 1 saturated heterocycles. The Morgan fingerprint density at radius 2 is 2.10 bits per heavy atom. The molecule has 0 spiro atoms. The number of carbonyl (C=O) groups is 1. The number of hydrogen-bond donors (Lipinski definition) is 2. The van der Waals surface area contributed by atoms with Gasteiger partial charge in [-0.2, -0.15) is 0 Å². The van der Waals surface area contributed by atoms with Crippen LogP contribution in [0, 0.1) is 0 Å². The second-order valence-corrected chi connectivity index (χ2v) is 5.21. The van der Waals surface area contributed by atoms with Crippen LogP contribution in [-0.2, 0) is 11.3 Å². The van der Waals surface area contributed by atoms with Crippen LogP contribution < -0.4 is 15.4 Å². The maximum Gasteiger partial charge on any atom is 0.237 e. The molecule has 110 valence electrons. The predicted octanol–water partition coefficient (Wildman–Crippen LogP) is 2.23. The Morgan fingerprint density at radius 3 is 2.85 bits per heavy atom. The molecule has 2 rings (SSSR count). The standard InChI is InChI=1S/C16H24N2O2/c1-2-11-20-14-8-6-13(7-9-14)12-18-15-5-3-4-10-17-16(15)19/h6-9,15,18H,2-5,10-12H2,1H3,(H,17,19). The lowest BCUT2D eigenvalue weighted by Gasteiger charge is -2.15. The zero-order valence-corrected chi connectivity index (χ0v) is 12.2. The van der Waals surface area contributed by atoms with Crippen molar-refractivity contribution >= 4 is 5.91 Å². The molecule has 4 heteroatoms. The molecule has 0 aromatic heterocycles. The molecule has 1 atom stereocenters. The Morgan fingerprint density at radius 1 is 1.30 bits per heavy atom. The molecule has 20 heavy (non-hydrogen) atoms. The van der Waals surface area contributed by atoms with Gasteiger partial charge in [0.1, 0.15) is 5.75 Å². The number of rotatable bonds is 6. The van der Waals surface area contributed by atoms with Crippen LogP contribution >= 0.6 is 0 Å². The van der Waals surface area contributed by atoms with Crippen LogP contribution in [0.5, 0.6) is 5.75 Å². The SMILES string of the molecule is CCCOc1ccc(CNC2CCCCNC2=O)cc1. The van der Waals surface area contributed by atoms with E-state index in [0.717, 1.165) is 44.6 Å². The van der Waals surface area contributed by atoms with Crippen molar-refractivity contribution in [3.63, 3.8) is 0 Å². The van der Waals surface area contributed by atoms with E-state index in [1.165, 1.54) is 5.56 Å². The van der Waals surface area contributed by atoms with Gasteiger partial charge in [0.2, 0.25) is 5.91 Å². The van der Waals surface area contributed by atoms with Crippen LogP contribution in [0.3, 0.4) is 0 Å². The zero-order valence-electron chi connectivity index (χ0n) is 12.2. The van der Waals surface area contributed by atoms with Crippen LogP contribution in [0.15, 0.2) is 24.3 Å². The molecule has 1 unspecified atom stereocenters. The first kappa shape index (κ1) is 14.9. The van der Waals surface area contributed by atoms with Gasteiger partial charge in [0, 0.05) is 13.1 Å². The molecule has 0 bridgehead atoms. The molecule has 1 aromatic rings. The fraction of sp³-hybridized carbons (Fsp3) is 0.562. The summed E-state index contributed by atoms with van der Waals surface area (Å²) in [4.78, 5) is 11.8. The van der Waals surface area contributed by atoms with E-state index in [4.69, 9.17) is 4.74 Å². The van der Waals surface area contributed by atoms with E-state index >= 15 is 0 Å². The highest BCUT2D eigenvalue weighted by molar-refractivity contribution is 5.81. The topological polar surface area (TPSA) is 50.4 Å². The average molecular weight is 276 g/mol. The number of nitrogens with one attached hydrogen (secondary N) is 2. The molecule has 4 nitrogen and oxygen atoms in total. The molecule has 1 amide bonds. The largest absolute Gasteiger partial charge is 0.494 e. The molecule has 1 aliphatic rings. The van der Waals surface area contributed by atoms with Gasteiger partial charge in [-0.3, -0.25) is 4.79 Å². The third kappa shape index (κ3) is 4.53. The molecule has 1 aromatic carbocycles. The molecular formula is C16H24N2O2. The number of carbonyl (C=O) groups excluding carboxylic acids is 1. The van der Waals surface area contributed by atoms with Gasteiger partial charge in [0.15, 0.2) is 0 Å². The summed E-state index contributed by atoms with van der Waals surface area (Å²) in [5.74, 6) is 1.04. The summed E-state index contributed by atoms with van der Waals surface area (Å²) in [6, 6.07) is 8.01. The number of ether oxygens (including phenoxy) is 1. The lowest BCUT2D eigenvalue weighted by atomic mass is 10.1. The predicted molar refractivity (Wildman–Crippen MR) is 79.7 cm³/mol. The fourth-order valence-electron chi connectivity index (χ4n) is 2.30. The first-order chi connectivity index (χ1) is 9.79. The Bertz CT molecular complexity index is 417. The Balaban J connectivity index is 1.82. The van der Waals surface area contributed by atoms with Crippen LogP contribution in [-0.4, -0.2) is 25.1 Å². The molecule has 0 radical (unpaired) electrons. The fourth-order valence-corrected chi connectivity index (χ4v) is 2.30. The molecule has 1 aliphatic heterocycles. The number of hydrogen-bond acceptors (Lipinski definition) is 3. The smallest absolute Gasteiger partial charge is 0.237 e.